The summed E-state index contributed by atoms with van der Waals surface area (Å²) in [5.41, 5.74) is 0.591. The van der Waals surface area contributed by atoms with E-state index in [0.717, 1.165) is 37.8 Å². The van der Waals surface area contributed by atoms with Gasteiger partial charge in [0.25, 0.3) is 0 Å². The van der Waals surface area contributed by atoms with Crippen LogP contribution in [0.25, 0.3) is 0 Å². The number of esters is 1. The molecular formula is C15H25N3O2. The smallest absolute Gasteiger partial charge is 0.326 e. The molecule has 0 bridgehead atoms. The van der Waals surface area contributed by atoms with E-state index >= 15 is 0 Å². The molecule has 0 radical (unpaired) electrons. The Hall–Kier alpha value is -1.36. The highest BCUT2D eigenvalue weighted by Crippen LogP contribution is 2.26. The van der Waals surface area contributed by atoms with Gasteiger partial charge in [0.15, 0.2) is 0 Å². The van der Waals surface area contributed by atoms with Gasteiger partial charge >= 0.3 is 5.97 Å². The summed E-state index contributed by atoms with van der Waals surface area (Å²) in [7, 11) is 0. The second-order valence-electron chi connectivity index (χ2n) is 5.86. The van der Waals surface area contributed by atoms with Gasteiger partial charge in [0, 0.05) is 18.8 Å². The number of nitrogens with zero attached hydrogens (tertiary/aromatic N) is 2. The summed E-state index contributed by atoms with van der Waals surface area (Å²) in [5.74, 6) is -0.136. The molecule has 0 spiro atoms. The molecule has 0 aliphatic heterocycles. The number of carbonyl (C=O) groups excluding carboxylic acids is 1. The standard InChI is InChI=1S/C15H25N3O2/c1-4-20-14(19)15(3,17-13-6-7-13)8-5-9-18-11-12(2)10-16-18/h10-11,13,17H,4-9H2,1-3H3. The minimum absolute atomic E-state index is 0.136. The third kappa shape index (κ3) is 4.07. The SMILES string of the molecule is CCOC(=O)C(C)(CCCn1cc(C)cn1)NC1CC1. The van der Waals surface area contributed by atoms with Crippen LogP contribution in [0.15, 0.2) is 12.4 Å². The van der Waals surface area contributed by atoms with Crippen LogP contribution in [-0.4, -0.2) is 33.9 Å². The van der Waals surface area contributed by atoms with E-state index in [9.17, 15) is 4.79 Å². The van der Waals surface area contributed by atoms with Gasteiger partial charge in [-0.3, -0.25) is 14.8 Å². The molecule has 0 saturated heterocycles. The lowest BCUT2D eigenvalue weighted by atomic mass is 9.95. The maximum absolute atomic E-state index is 12.2. The molecule has 112 valence electrons. The largest absolute Gasteiger partial charge is 0.465 e. The normalized spacial score (nSPS) is 17.8. The zero-order valence-corrected chi connectivity index (χ0v) is 12.7. The fourth-order valence-corrected chi connectivity index (χ4v) is 2.39. The summed E-state index contributed by atoms with van der Waals surface area (Å²) in [6, 6.07) is 0.483. The topological polar surface area (TPSA) is 56.2 Å². The third-order valence-electron chi connectivity index (χ3n) is 3.65. The first kappa shape index (κ1) is 15.0. The molecule has 1 atom stereocenters. The molecule has 5 heteroatoms. The van der Waals surface area contributed by atoms with E-state index in [1.54, 1.807) is 0 Å². The number of hydrogen-bond acceptors (Lipinski definition) is 4. The lowest BCUT2D eigenvalue weighted by Crippen LogP contribution is -2.51. The lowest BCUT2D eigenvalue weighted by molar-refractivity contribution is -0.151. The second kappa shape index (κ2) is 6.39. The van der Waals surface area contributed by atoms with Crippen LogP contribution in [0.5, 0.6) is 0 Å². The molecule has 0 amide bonds. The average molecular weight is 279 g/mol. The van der Waals surface area contributed by atoms with Gasteiger partial charge in [-0.15, -0.1) is 0 Å². The number of rotatable bonds is 8. The van der Waals surface area contributed by atoms with Crippen molar-refractivity contribution in [3.63, 3.8) is 0 Å². The highest BCUT2D eigenvalue weighted by molar-refractivity contribution is 5.80. The van der Waals surface area contributed by atoms with E-state index in [0.29, 0.717) is 12.6 Å². The van der Waals surface area contributed by atoms with Crippen molar-refractivity contribution in [2.75, 3.05) is 6.61 Å². The number of hydrogen-bond donors (Lipinski definition) is 1. The Bertz CT molecular complexity index is 454. The van der Waals surface area contributed by atoms with Crippen LogP contribution in [0, 0.1) is 6.92 Å². The maximum atomic E-state index is 12.2. The summed E-state index contributed by atoms with van der Waals surface area (Å²) in [5, 5.41) is 7.71. The van der Waals surface area contributed by atoms with Crippen LogP contribution in [0.4, 0.5) is 0 Å². The number of carbonyl (C=O) groups is 1. The lowest BCUT2D eigenvalue weighted by Gasteiger charge is -2.28. The van der Waals surface area contributed by atoms with Crippen LogP contribution >= 0.6 is 0 Å². The third-order valence-corrected chi connectivity index (χ3v) is 3.65. The van der Waals surface area contributed by atoms with Gasteiger partial charge in [0.1, 0.15) is 5.54 Å². The Labute approximate surface area is 120 Å². The van der Waals surface area contributed by atoms with Crippen LogP contribution in [0.2, 0.25) is 0 Å². The molecule has 1 N–H and O–H groups in total. The van der Waals surface area contributed by atoms with Gasteiger partial charge in [-0.1, -0.05) is 0 Å². The second-order valence-corrected chi connectivity index (χ2v) is 5.86. The Kier molecular flexibility index (Phi) is 4.81. The Morgan fingerprint density at radius 3 is 2.90 bits per heavy atom. The zero-order valence-electron chi connectivity index (χ0n) is 12.7. The van der Waals surface area contributed by atoms with Gasteiger partial charge < -0.3 is 4.74 Å². The fourth-order valence-electron chi connectivity index (χ4n) is 2.39. The minimum Gasteiger partial charge on any atom is -0.465 e. The molecule has 1 aromatic heterocycles. The Morgan fingerprint density at radius 2 is 2.35 bits per heavy atom. The van der Waals surface area contributed by atoms with Gasteiger partial charge in [-0.25, -0.2) is 0 Å². The highest BCUT2D eigenvalue weighted by Gasteiger charge is 2.39. The van der Waals surface area contributed by atoms with Crippen LogP contribution < -0.4 is 5.32 Å². The Morgan fingerprint density at radius 1 is 1.60 bits per heavy atom. The van der Waals surface area contributed by atoms with E-state index < -0.39 is 5.54 Å². The summed E-state index contributed by atoms with van der Waals surface area (Å²) in [4.78, 5) is 12.2. The van der Waals surface area contributed by atoms with Crippen molar-refractivity contribution < 1.29 is 9.53 Å². The summed E-state index contributed by atoms with van der Waals surface area (Å²) in [6.07, 6.45) is 7.86. The number of nitrogens with one attached hydrogen (secondary N) is 1. The van der Waals surface area contributed by atoms with Crippen molar-refractivity contribution in [1.82, 2.24) is 15.1 Å². The average Bonchev–Trinajstić information content (AvgIpc) is 3.10. The molecule has 1 aliphatic rings. The molecule has 2 rings (SSSR count). The van der Waals surface area contributed by atoms with Crippen LogP contribution in [0.3, 0.4) is 0 Å². The minimum atomic E-state index is -0.570. The van der Waals surface area contributed by atoms with Gasteiger partial charge in [-0.05, 0) is 52.0 Å². The van der Waals surface area contributed by atoms with E-state index in [2.05, 4.69) is 10.4 Å². The summed E-state index contributed by atoms with van der Waals surface area (Å²) in [6.45, 7) is 7.09. The van der Waals surface area contributed by atoms with Crippen molar-refractivity contribution >= 4 is 5.97 Å². The van der Waals surface area contributed by atoms with Gasteiger partial charge in [0.05, 0.1) is 12.8 Å². The molecule has 20 heavy (non-hydrogen) atoms. The van der Waals surface area contributed by atoms with Crippen molar-refractivity contribution in [3.8, 4) is 0 Å². The maximum Gasteiger partial charge on any atom is 0.326 e. The van der Waals surface area contributed by atoms with Gasteiger partial charge in [0.2, 0.25) is 0 Å². The molecule has 1 aromatic rings. The zero-order chi connectivity index (χ0) is 14.6. The van der Waals surface area contributed by atoms with Crippen molar-refractivity contribution in [3.05, 3.63) is 18.0 Å². The first-order chi connectivity index (χ1) is 9.53. The number of aromatic nitrogens is 2. The van der Waals surface area contributed by atoms with Gasteiger partial charge in [-0.2, -0.15) is 5.10 Å². The predicted octanol–water partition coefficient (Wildman–Crippen LogP) is 2.05. The molecule has 1 aliphatic carbocycles. The van der Waals surface area contributed by atoms with E-state index in [1.807, 2.05) is 37.8 Å². The predicted molar refractivity (Wildman–Crippen MR) is 77.4 cm³/mol. The van der Waals surface area contributed by atoms with Crippen molar-refractivity contribution in [1.29, 1.82) is 0 Å². The first-order valence-electron chi connectivity index (χ1n) is 7.47. The van der Waals surface area contributed by atoms with Crippen LogP contribution in [-0.2, 0) is 16.1 Å². The molecule has 5 nitrogen and oxygen atoms in total. The summed E-state index contributed by atoms with van der Waals surface area (Å²) < 4.78 is 7.15. The number of ether oxygens (including phenoxy) is 1. The molecule has 1 saturated carbocycles. The highest BCUT2D eigenvalue weighted by atomic mass is 16.5. The molecule has 1 unspecified atom stereocenters. The number of aryl methyl sites for hydroxylation is 2. The molecular weight excluding hydrogens is 254 g/mol. The Balaban J connectivity index is 1.87. The van der Waals surface area contributed by atoms with Crippen LogP contribution in [0.1, 0.15) is 45.1 Å². The molecule has 0 aromatic carbocycles. The monoisotopic (exact) mass is 279 g/mol. The van der Waals surface area contributed by atoms with Crippen molar-refractivity contribution in [2.24, 2.45) is 0 Å². The first-order valence-corrected chi connectivity index (χ1v) is 7.47. The van der Waals surface area contributed by atoms with Crippen molar-refractivity contribution in [2.45, 2.75) is 64.6 Å². The quantitative estimate of drug-likeness (QED) is 0.740. The van der Waals surface area contributed by atoms with E-state index in [1.165, 1.54) is 0 Å². The summed E-state index contributed by atoms with van der Waals surface area (Å²) >= 11 is 0. The molecule has 1 heterocycles. The fraction of sp³-hybridized carbons (Fsp3) is 0.733. The molecule has 1 fully saturated rings. The van der Waals surface area contributed by atoms with E-state index in [-0.39, 0.29) is 5.97 Å². The van der Waals surface area contributed by atoms with E-state index in [4.69, 9.17) is 4.74 Å².